The largest absolute Gasteiger partial charge is 0.502 e. The van der Waals surface area contributed by atoms with Crippen molar-refractivity contribution in [1.82, 2.24) is 0 Å². The van der Waals surface area contributed by atoms with Gasteiger partial charge in [0.25, 0.3) is 0 Å². The molecule has 0 radical (unpaired) electrons. The van der Waals surface area contributed by atoms with Crippen LogP contribution in [0.5, 0.6) is 0 Å². The Balaban J connectivity index is 2.12. The van der Waals surface area contributed by atoms with Gasteiger partial charge >= 0.3 is 5.97 Å². The van der Waals surface area contributed by atoms with E-state index in [9.17, 15) is 24.3 Å². The summed E-state index contributed by atoms with van der Waals surface area (Å²) >= 11 is 0. The predicted octanol–water partition coefficient (Wildman–Crippen LogP) is 1.74. The van der Waals surface area contributed by atoms with Crippen molar-refractivity contribution in [2.75, 3.05) is 0 Å². The number of carboxylic acid groups (broad SMARTS) is 1. The molecule has 0 amide bonds. The van der Waals surface area contributed by atoms with E-state index in [1.54, 1.807) is 0 Å². The van der Waals surface area contributed by atoms with Crippen LogP contribution in [0.15, 0.2) is 23.5 Å². The molecule has 2 aliphatic rings. The van der Waals surface area contributed by atoms with Crippen molar-refractivity contribution in [2.24, 2.45) is 17.3 Å². The van der Waals surface area contributed by atoms with Gasteiger partial charge in [0.15, 0.2) is 5.78 Å². The summed E-state index contributed by atoms with van der Waals surface area (Å²) in [5.41, 5.74) is -0.450. The zero-order valence-corrected chi connectivity index (χ0v) is 14.9. The van der Waals surface area contributed by atoms with Crippen molar-refractivity contribution >= 4 is 23.3 Å². The number of hydrogen-bond acceptors (Lipinski definition) is 6. The average molecular weight is 364 g/mol. The smallest absolute Gasteiger partial charge is 0.370 e. The number of carbonyl (C=O) groups excluding carboxylic acids is 3. The Morgan fingerprint density at radius 1 is 1.23 bits per heavy atom. The van der Waals surface area contributed by atoms with Crippen LogP contribution in [-0.4, -0.2) is 44.7 Å². The predicted molar refractivity (Wildman–Crippen MR) is 91.3 cm³/mol. The summed E-state index contributed by atoms with van der Waals surface area (Å²) in [4.78, 5) is 47.3. The van der Waals surface area contributed by atoms with Gasteiger partial charge in [0, 0.05) is 30.6 Å². The van der Waals surface area contributed by atoms with Crippen molar-refractivity contribution < 1.29 is 34.5 Å². The first-order valence-electron chi connectivity index (χ1n) is 8.66. The lowest BCUT2D eigenvalue weighted by atomic mass is 9.61. The summed E-state index contributed by atoms with van der Waals surface area (Å²) in [5, 5.41) is 28.2. The van der Waals surface area contributed by atoms with Gasteiger partial charge in [-0.15, -0.1) is 0 Å². The van der Waals surface area contributed by atoms with E-state index in [-0.39, 0.29) is 35.9 Å². The second-order valence-electron chi connectivity index (χ2n) is 7.38. The van der Waals surface area contributed by atoms with Crippen LogP contribution in [0.3, 0.4) is 0 Å². The molecular weight excluding hydrogens is 340 g/mol. The fourth-order valence-corrected chi connectivity index (χ4v) is 4.10. The minimum atomic E-state index is -1.51. The molecule has 0 aromatic carbocycles. The number of hydrogen-bond donors (Lipinski definition) is 3. The molecule has 0 bridgehead atoms. The van der Waals surface area contributed by atoms with Crippen LogP contribution in [0, 0.1) is 17.3 Å². The van der Waals surface area contributed by atoms with Gasteiger partial charge in [0.1, 0.15) is 11.6 Å². The maximum absolute atomic E-state index is 12.4. The molecule has 7 heteroatoms. The van der Waals surface area contributed by atoms with Gasteiger partial charge in [-0.3, -0.25) is 14.4 Å². The van der Waals surface area contributed by atoms with Crippen LogP contribution < -0.4 is 0 Å². The Bertz CT molecular complexity index is 703. The Hall–Kier alpha value is -2.28. The van der Waals surface area contributed by atoms with Gasteiger partial charge in [-0.05, 0) is 37.3 Å². The zero-order chi connectivity index (χ0) is 19.6. The highest BCUT2D eigenvalue weighted by atomic mass is 16.4. The lowest BCUT2D eigenvalue weighted by Gasteiger charge is -2.41. The third-order valence-electron chi connectivity index (χ3n) is 5.79. The number of rotatable bonds is 6. The molecule has 4 atom stereocenters. The molecule has 7 nitrogen and oxygen atoms in total. The lowest BCUT2D eigenvalue weighted by Crippen LogP contribution is -2.47. The number of aliphatic hydroxyl groups is 2. The summed E-state index contributed by atoms with van der Waals surface area (Å²) in [6.45, 7) is 3.28. The van der Waals surface area contributed by atoms with Crippen molar-refractivity contribution in [3.63, 3.8) is 0 Å². The third kappa shape index (κ3) is 3.77. The van der Waals surface area contributed by atoms with Gasteiger partial charge in [0.2, 0.25) is 5.76 Å². The second-order valence-corrected chi connectivity index (χ2v) is 7.38. The molecule has 0 heterocycles. The number of aliphatic hydroxyl groups excluding tert-OH is 2. The van der Waals surface area contributed by atoms with E-state index < -0.39 is 34.9 Å². The summed E-state index contributed by atoms with van der Waals surface area (Å²) in [7, 11) is 0. The number of Topliss-reactive ketones (excluding diaryl/α,β-unsaturated/α-hetero) is 3. The minimum absolute atomic E-state index is 0.115. The van der Waals surface area contributed by atoms with Crippen molar-refractivity contribution in [2.45, 2.75) is 52.1 Å². The Labute approximate surface area is 151 Å². The Morgan fingerprint density at radius 2 is 1.88 bits per heavy atom. The quantitative estimate of drug-likeness (QED) is 0.372. The van der Waals surface area contributed by atoms with E-state index in [2.05, 4.69) is 0 Å². The number of carbonyl (C=O) groups is 4. The summed E-state index contributed by atoms with van der Waals surface area (Å²) in [6.07, 6.45) is 2.21. The van der Waals surface area contributed by atoms with Crippen LogP contribution in [0.4, 0.5) is 0 Å². The molecule has 2 fully saturated rings. The van der Waals surface area contributed by atoms with Crippen molar-refractivity contribution in [1.29, 1.82) is 0 Å². The summed E-state index contributed by atoms with van der Waals surface area (Å²) < 4.78 is 0. The van der Waals surface area contributed by atoms with Crippen LogP contribution in [0.25, 0.3) is 0 Å². The van der Waals surface area contributed by atoms with E-state index in [0.29, 0.717) is 19.3 Å². The molecule has 142 valence electrons. The molecule has 0 saturated heterocycles. The van der Waals surface area contributed by atoms with Crippen molar-refractivity contribution in [3.8, 4) is 0 Å². The zero-order valence-electron chi connectivity index (χ0n) is 14.9. The standard InChI is InChI=1S/C19H24O7/c1-10(3-5-13(21)18(25)26)14(22)9-15(23)17-11-4-6-16(24)19(11,2)8-7-12(17)20/h3,5,11,15,17,21,23H,4,6-9H2,1-2H3,(H,25,26)/b10-3+,13-5-/t11-,15?,17?,19-/m0/s1. The van der Waals surface area contributed by atoms with Crippen LogP contribution in [-0.2, 0) is 19.2 Å². The maximum Gasteiger partial charge on any atom is 0.370 e. The molecule has 2 rings (SSSR count). The molecule has 0 aliphatic heterocycles. The molecule has 0 spiro atoms. The van der Waals surface area contributed by atoms with Gasteiger partial charge in [-0.25, -0.2) is 4.79 Å². The highest BCUT2D eigenvalue weighted by Gasteiger charge is 2.55. The van der Waals surface area contributed by atoms with Gasteiger partial charge in [-0.2, -0.15) is 0 Å². The van der Waals surface area contributed by atoms with Crippen LogP contribution in [0.1, 0.15) is 46.0 Å². The van der Waals surface area contributed by atoms with Crippen LogP contribution >= 0.6 is 0 Å². The molecule has 0 aromatic heterocycles. The first kappa shape index (κ1) is 20.0. The maximum atomic E-state index is 12.4. The fourth-order valence-electron chi connectivity index (χ4n) is 4.10. The fraction of sp³-hybridized carbons (Fsp3) is 0.579. The van der Waals surface area contributed by atoms with Crippen molar-refractivity contribution in [3.05, 3.63) is 23.5 Å². The molecule has 3 N–H and O–H groups in total. The molecule has 2 saturated carbocycles. The molecule has 0 aromatic rings. The SMILES string of the molecule is C/C(=C\C=C(/O)C(=O)O)C(=O)CC(O)C1C(=O)CC[C@]2(C)C(=O)CC[C@@H]12. The number of allylic oxidation sites excluding steroid dienone is 3. The van der Waals surface area contributed by atoms with Crippen LogP contribution in [0.2, 0.25) is 0 Å². The molecule has 2 unspecified atom stereocenters. The van der Waals surface area contributed by atoms with E-state index >= 15 is 0 Å². The van der Waals surface area contributed by atoms with E-state index in [0.717, 1.165) is 12.2 Å². The van der Waals surface area contributed by atoms with E-state index in [1.165, 1.54) is 6.92 Å². The van der Waals surface area contributed by atoms with Gasteiger partial charge < -0.3 is 15.3 Å². The molecule has 2 aliphatic carbocycles. The second kappa shape index (κ2) is 7.53. The monoisotopic (exact) mass is 364 g/mol. The highest BCUT2D eigenvalue weighted by molar-refractivity contribution is 5.97. The number of aliphatic carboxylic acids is 1. The average Bonchev–Trinajstić information content (AvgIpc) is 2.87. The van der Waals surface area contributed by atoms with E-state index in [1.807, 2.05) is 6.92 Å². The van der Waals surface area contributed by atoms with Gasteiger partial charge in [-0.1, -0.05) is 13.0 Å². The molecule has 26 heavy (non-hydrogen) atoms. The molecular formula is C19H24O7. The Morgan fingerprint density at radius 3 is 2.50 bits per heavy atom. The summed E-state index contributed by atoms with van der Waals surface area (Å²) in [6, 6.07) is 0. The first-order chi connectivity index (χ1) is 12.1. The highest BCUT2D eigenvalue weighted by Crippen LogP contribution is 2.52. The number of ketones is 3. The lowest BCUT2D eigenvalue weighted by molar-refractivity contribution is -0.142. The Kier molecular flexibility index (Phi) is 5.81. The topological polar surface area (TPSA) is 129 Å². The number of carboxylic acids is 1. The third-order valence-corrected chi connectivity index (χ3v) is 5.79. The number of fused-ring (bicyclic) bond motifs is 1. The first-order valence-corrected chi connectivity index (χ1v) is 8.66. The minimum Gasteiger partial charge on any atom is -0.502 e. The normalized spacial score (nSPS) is 30.9. The van der Waals surface area contributed by atoms with Gasteiger partial charge in [0.05, 0.1) is 6.10 Å². The van der Waals surface area contributed by atoms with E-state index in [4.69, 9.17) is 10.2 Å². The summed E-state index contributed by atoms with van der Waals surface area (Å²) in [5.74, 6) is -3.85.